The van der Waals surface area contributed by atoms with E-state index in [0.717, 1.165) is 12.8 Å². The molecule has 3 heteroatoms. The van der Waals surface area contributed by atoms with Gasteiger partial charge in [-0.3, -0.25) is 0 Å². The molecule has 2 rings (SSSR count). The highest BCUT2D eigenvalue weighted by atomic mass is 19.1. The summed E-state index contributed by atoms with van der Waals surface area (Å²) in [6.07, 6.45) is 2.33. The summed E-state index contributed by atoms with van der Waals surface area (Å²) in [5, 5.41) is 3.12. The fraction of sp³-hybridized carbons (Fsp3) is 0.571. The Kier molecular flexibility index (Phi) is 3.21. The Morgan fingerprint density at radius 1 is 1.24 bits per heavy atom. The number of nitrogens with one attached hydrogen (secondary N) is 1. The van der Waals surface area contributed by atoms with Gasteiger partial charge in [-0.25, -0.2) is 8.78 Å². The summed E-state index contributed by atoms with van der Waals surface area (Å²) in [5.74, 6) is -0.571. The Balaban J connectivity index is 2.54. The molecule has 1 nitrogen and oxygen atoms in total. The highest BCUT2D eigenvalue weighted by molar-refractivity contribution is 5.34. The zero-order chi connectivity index (χ0) is 12.6. The van der Waals surface area contributed by atoms with Crippen molar-refractivity contribution in [3.8, 4) is 0 Å². The Morgan fingerprint density at radius 2 is 1.88 bits per heavy atom. The molecule has 1 atom stereocenters. The van der Waals surface area contributed by atoms with E-state index in [0.29, 0.717) is 17.5 Å². The molecule has 0 bridgehead atoms. The first-order valence-corrected chi connectivity index (χ1v) is 6.08. The normalized spacial score (nSPS) is 23.0. The molecule has 1 unspecified atom stereocenters. The van der Waals surface area contributed by atoms with Crippen LogP contribution in [0.25, 0.3) is 0 Å². The molecule has 17 heavy (non-hydrogen) atoms. The first-order chi connectivity index (χ1) is 7.94. The van der Waals surface area contributed by atoms with Crippen LogP contribution in [0.15, 0.2) is 12.1 Å². The molecule has 0 heterocycles. The van der Waals surface area contributed by atoms with Crippen molar-refractivity contribution in [2.75, 3.05) is 7.05 Å². The molecule has 0 amide bonds. The van der Waals surface area contributed by atoms with Crippen LogP contribution in [0.4, 0.5) is 8.78 Å². The molecule has 0 saturated heterocycles. The molecule has 1 aliphatic carbocycles. The summed E-state index contributed by atoms with van der Waals surface area (Å²) in [6.45, 7) is 4.30. The number of fused-ring (bicyclic) bond motifs is 1. The second kappa shape index (κ2) is 4.37. The smallest absolute Gasteiger partial charge is 0.128 e. The van der Waals surface area contributed by atoms with E-state index < -0.39 is 0 Å². The van der Waals surface area contributed by atoms with Crippen LogP contribution in [0.5, 0.6) is 0 Å². The molecule has 1 N–H and O–H groups in total. The molecule has 0 aliphatic heterocycles. The second-order valence-electron chi connectivity index (χ2n) is 5.63. The van der Waals surface area contributed by atoms with Gasteiger partial charge in [0.15, 0.2) is 0 Å². The van der Waals surface area contributed by atoms with Crippen LogP contribution in [0.1, 0.15) is 43.9 Å². The predicted molar refractivity (Wildman–Crippen MR) is 64.9 cm³/mol. The number of benzene rings is 1. The second-order valence-corrected chi connectivity index (χ2v) is 5.63. The van der Waals surface area contributed by atoms with E-state index in [-0.39, 0.29) is 23.1 Å². The number of hydrogen-bond acceptors (Lipinski definition) is 1. The van der Waals surface area contributed by atoms with Gasteiger partial charge in [-0.1, -0.05) is 13.8 Å². The Bertz CT molecular complexity index is 426. The van der Waals surface area contributed by atoms with E-state index in [4.69, 9.17) is 0 Å². The van der Waals surface area contributed by atoms with Gasteiger partial charge in [-0.15, -0.1) is 0 Å². The minimum atomic E-state index is -0.293. The molecule has 1 aliphatic rings. The van der Waals surface area contributed by atoms with Gasteiger partial charge in [0.25, 0.3) is 0 Å². The van der Waals surface area contributed by atoms with Gasteiger partial charge in [0.1, 0.15) is 11.6 Å². The van der Waals surface area contributed by atoms with E-state index in [2.05, 4.69) is 19.2 Å². The SMILES string of the molecule is CNC1CC(C)(C)CCc2c(F)ccc(F)c21. The number of hydrogen-bond donors (Lipinski definition) is 1. The van der Waals surface area contributed by atoms with Gasteiger partial charge in [0.05, 0.1) is 0 Å². The average Bonchev–Trinajstić information content (AvgIpc) is 2.41. The molecular formula is C14H19F2N. The van der Waals surface area contributed by atoms with Crippen molar-refractivity contribution in [3.63, 3.8) is 0 Å². The number of rotatable bonds is 1. The molecule has 1 aromatic rings. The van der Waals surface area contributed by atoms with Crippen molar-refractivity contribution >= 4 is 0 Å². The van der Waals surface area contributed by atoms with Crippen LogP contribution in [0, 0.1) is 17.0 Å². The third-order valence-electron chi connectivity index (χ3n) is 3.75. The fourth-order valence-electron chi connectivity index (χ4n) is 2.71. The minimum absolute atomic E-state index is 0.0989. The third kappa shape index (κ3) is 2.34. The quantitative estimate of drug-likeness (QED) is 0.738. The Hall–Kier alpha value is -0.960. The summed E-state index contributed by atoms with van der Waals surface area (Å²) in [7, 11) is 1.81. The molecule has 0 aromatic heterocycles. The lowest BCUT2D eigenvalue weighted by molar-refractivity contribution is 0.277. The summed E-state index contributed by atoms with van der Waals surface area (Å²) < 4.78 is 27.7. The van der Waals surface area contributed by atoms with E-state index in [1.165, 1.54) is 12.1 Å². The van der Waals surface area contributed by atoms with Crippen LogP contribution >= 0.6 is 0 Å². The topological polar surface area (TPSA) is 12.0 Å². The Labute approximate surface area is 101 Å². The summed E-state index contributed by atoms with van der Waals surface area (Å²) in [5.41, 5.74) is 1.18. The molecule has 0 radical (unpaired) electrons. The average molecular weight is 239 g/mol. The van der Waals surface area contributed by atoms with Crippen LogP contribution in [-0.4, -0.2) is 7.05 Å². The minimum Gasteiger partial charge on any atom is -0.313 e. The van der Waals surface area contributed by atoms with Gasteiger partial charge in [-0.05, 0) is 49.4 Å². The molecule has 0 saturated carbocycles. The molecule has 94 valence electrons. The van der Waals surface area contributed by atoms with Gasteiger partial charge in [0.2, 0.25) is 0 Å². The highest BCUT2D eigenvalue weighted by Gasteiger charge is 2.31. The molecular weight excluding hydrogens is 220 g/mol. The summed E-state index contributed by atoms with van der Waals surface area (Å²) in [4.78, 5) is 0. The van der Waals surface area contributed by atoms with Gasteiger partial charge in [0, 0.05) is 11.6 Å². The first-order valence-electron chi connectivity index (χ1n) is 6.08. The lowest BCUT2D eigenvalue weighted by atomic mass is 9.83. The predicted octanol–water partition coefficient (Wildman–Crippen LogP) is 3.59. The van der Waals surface area contributed by atoms with E-state index in [1.54, 1.807) is 7.05 Å². The number of halogens is 2. The monoisotopic (exact) mass is 239 g/mol. The van der Waals surface area contributed by atoms with Crippen molar-refractivity contribution in [1.82, 2.24) is 5.32 Å². The molecule has 1 aromatic carbocycles. The van der Waals surface area contributed by atoms with E-state index >= 15 is 0 Å². The lowest BCUT2D eigenvalue weighted by Crippen LogP contribution is -2.23. The third-order valence-corrected chi connectivity index (χ3v) is 3.75. The van der Waals surface area contributed by atoms with Crippen molar-refractivity contribution < 1.29 is 8.78 Å². The zero-order valence-corrected chi connectivity index (χ0v) is 10.6. The van der Waals surface area contributed by atoms with Crippen LogP contribution < -0.4 is 5.32 Å². The molecule has 0 fully saturated rings. The summed E-state index contributed by atoms with van der Waals surface area (Å²) >= 11 is 0. The van der Waals surface area contributed by atoms with E-state index in [9.17, 15) is 8.78 Å². The van der Waals surface area contributed by atoms with Crippen molar-refractivity contribution in [1.29, 1.82) is 0 Å². The largest absolute Gasteiger partial charge is 0.313 e. The van der Waals surface area contributed by atoms with Crippen LogP contribution in [-0.2, 0) is 6.42 Å². The zero-order valence-electron chi connectivity index (χ0n) is 10.6. The maximum absolute atomic E-state index is 13.9. The van der Waals surface area contributed by atoms with Gasteiger partial charge < -0.3 is 5.32 Å². The standard InChI is InChI=1S/C14H19F2N/c1-14(2)7-6-9-10(15)4-5-11(16)13(9)12(8-14)17-3/h4-5,12,17H,6-8H2,1-3H3. The van der Waals surface area contributed by atoms with E-state index in [1.807, 2.05) is 0 Å². The maximum Gasteiger partial charge on any atom is 0.128 e. The summed E-state index contributed by atoms with van der Waals surface area (Å²) in [6, 6.07) is 2.37. The highest BCUT2D eigenvalue weighted by Crippen LogP contribution is 2.40. The van der Waals surface area contributed by atoms with Crippen molar-refractivity contribution in [2.45, 2.75) is 39.2 Å². The van der Waals surface area contributed by atoms with Gasteiger partial charge in [-0.2, -0.15) is 0 Å². The molecule has 0 spiro atoms. The first kappa shape index (κ1) is 12.5. The fourth-order valence-corrected chi connectivity index (χ4v) is 2.71. The lowest BCUT2D eigenvalue weighted by Gasteiger charge is -2.26. The Morgan fingerprint density at radius 3 is 2.53 bits per heavy atom. The van der Waals surface area contributed by atoms with Gasteiger partial charge >= 0.3 is 0 Å². The van der Waals surface area contributed by atoms with Crippen molar-refractivity contribution in [3.05, 3.63) is 34.9 Å². The van der Waals surface area contributed by atoms with Crippen molar-refractivity contribution in [2.24, 2.45) is 5.41 Å². The maximum atomic E-state index is 13.9. The van der Waals surface area contributed by atoms with Crippen LogP contribution in [0.2, 0.25) is 0 Å². The van der Waals surface area contributed by atoms with Crippen LogP contribution in [0.3, 0.4) is 0 Å².